The third kappa shape index (κ3) is 3.92. The Kier molecular flexibility index (Phi) is 3.69. The summed E-state index contributed by atoms with van der Waals surface area (Å²) in [7, 11) is -1.08. The number of rotatable bonds is 4. The van der Waals surface area contributed by atoms with Crippen LogP contribution in [-0.4, -0.2) is 14.7 Å². The van der Waals surface area contributed by atoms with E-state index < -0.39 is 8.07 Å². The van der Waals surface area contributed by atoms with Gasteiger partial charge in [-0.1, -0.05) is 31.8 Å². The highest BCUT2D eigenvalue weighted by molar-refractivity contribution is 6.76. The molecule has 1 nitrogen and oxygen atoms in total. The van der Waals surface area contributed by atoms with E-state index >= 15 is 0 Å². The summed E-state index contributed by atoms with van der Waals surface area (Å²) in [5, 5.41) is 0. The molecule has 0 heterocycles. The van der Waals surface area contributed by atoms with Gasteiger partial charge in [0.25, 0.3) is 0 Å². The lowest BCUT2D eigenvalue weighted by Crippen LogP contribution is -2.22. The summed E-state index contributed by atoms with van der Waals surface area (Å²) < 4.78 is 18.5. The van der Waals surface area contributed by atoms with Gasteiger partial charge in [0, 0.05) is 8.07 Å². The SMILES string of the molecule is C[Si](C)(C)CCOc1ccccc1F. The zero-order valence-electron chi connectivity index (χ0n) is 9.01. The molecule has 1 aromatic rings. The smallest absolute Gasteiger partial charge is 0.165 e. The molecule has 0 aliphatic carbocycles. The molecule has 14 heavy (non-hydrogen) atoms. The third-order valence-electron chi connectivity index (χ3n) is 1.95. The van der Waals surface area contributed by atoms with E-state index in [1.807, 2.05) is 0 Å². The van der Waals surface area contributed by atoms with Crippen molar-refractivity contribution in [3.63, 3.8) is 0 Å². The van der Waals surface area contributed by atoms with Crippen molar-refractivity contribution in [3.05, 3.63) is 30.1 Å². The average Bonchev–Trinajstić information content (AvgIpc) is 2.06. The van der Waals surface area contributed by atoms with Gasteiger partial charge < -0.3 is 4.74 Å². The topological polar surface area (TPSA) is 9.23 Å². The number of para-hydroxylation sites is 1. The van der Waals surface area contributed by atoms with Crippen molar-refractivity contribution in [2.24, 2.45) is 0 Å². The van der Waals surface area contributed by atoms with E-state index in [1.54, 1.807) is 18.2 Å². The number of benzene rings is 1. The first-order valence-electron chi connectivity index (χ1n) is 4.86. The molecule has 0 aliphatic rings. The molecule has 0 aromatic heterocycles. The molecule has 0 radical (unpaired) electrons. The summed E-state index contributed by atoms with van der Waals surface area (Å²) in [6, 6.07) is 7.60. The van der Waals surface area contributed by atoms with Gasteiger partial charge in [-0.2, -0.15) is 0 Å². The van der Waals surface area contributed by atoms with Gasteiger partial charge in [0.2, 0.25) is 0 Å². The van der Waals surface area contributed by atoms with Crippen LogP contribution in [0.3, 0.4) is 0 Å². The normalized spacial score (nSPS) is 11.4. The van der Waals surface area contributed by atoms with Crippen LogP contribution in [0.5, 0.6) is 5.75 Å². The maximum absolute atomic E-state index is 13.1. The highest BCUT2D eigenvalue weighted by Gasteiger charge is 2.13. The van der Waals surface area contributed by atoms with Crippen molar-refractivity contribution in [1.82, 2.24) is 0 Å². The summed E-state index contributed by atoms with van der Waals surface area (Å²) in [4.78, 5) is 0. The van der Waals surface area contributed by atoms with E-state index in [0.29, 0.717) is 12.4 Å². The van der Waals surface area contributed by atoms with Gasteiger partial charge in [0.15, 0.2) is 11.6 Å². The van der Waals surface area contributed by atoms with Gasteiger partial charge in [-0.3, -0.25) is 0 Å². The molecule has 0 fully saturated rings. The van der Waals surface area contributed by atoms with Gasteiger partial charge >= 0.3 is 0 Å². The average molecular weight is 212 g/mol. The first-order valence-corrected chi connectivity index (χ1v) is 8.57. The third-order valence-corrected chi connectivity index (χ3v) is 3.65. The largest absolute Gasteiger partial charge is 0.491 e. The summed E-state index contributed by atoms with van der Waals surface area (Å²) in [5.41, 5.74) is 0. The number of halogens is 1. The Balaban J connectivity index is 2.43. The van der Waals surface area contributed by atoms with Crippen LogP contribution < -0.4 is 4.74 Å². The highest BCUT2D eigenvalue weighted by atomic mass is 28.3. The minimum absolute atomic E-state index is 0.275. The first kappa shape index (κ1) is 11.2. The molecular formula is C11H17FOSi. The van der Waals surface area contributed by atoms with Crippen LogP contribution in [0.25, 0.3) is 0 Å². The van der Waals surface area contributed by atoms with Crippen molar-refractivity contribution in [1.29, 1.82) is 0 Å². The van der Waals surface area contributed by atoms with Crippen LogP contribution in [-0.2, 0) is 0 Å². The zero-order valence-corrected chi connectivity index (χ0v) is 10.0. The molecule has 1 rings (SSSR count). The second kappa shape index (κ2) is 4.60. The fourth-order valence-electron chi connectivity index (χ4n) is 1.03. The van der Waals surface area contributed by atoms with Crippen LogP contribution in [0.1, 0.15) is 0 Å². The fraction of sp³-hybridized carbons (Fsp3) is 0.455. The Bertz CT molecular complexity index is 294. The predicted molar refractivity (Wildman–Crippen MR) is 60.0 cm³/mol. The molecule has 0 amide bonds. The van der Waals surface area contributed by atoms with E-state index in [-0.39, 0.29) is 5.82 Å². The van der Waals surface area contributed by atoms with E-state index in [1.165, 1.54) is 6.07 Å². The quantitative estimate of drug-likeness (QED) is 0.694. The van der Waals surface area contributed by atoms with Gasteiger partial charge in [-0.25, -0.2) is 4.39 Å². The van der Waals surface area contributed by atoms with E-state index in [2.05, 4.69) is 19.6 Å². The summed E-state index contributed by atoms with van der Waals surface area (Å²) in [5.74, 6) is 0.0915. The van der Waals surface area contributed by atoms with Crippen LogP contribution in [0.4, 0.5) is 4.39 Å². The van der Waals surface area contributed by atoms with E-state index in [0.717, 1.165) is 6.04 Å². The molecule has 0 saturated carbocycles. The Labute approximate surface area is 85.9 Å². The molecule has 1 aromatic carbocycles. The lowest BCUT2D eigenvalue weighted by Gasteiger charge is -2.16. The molecule has 78 valence electrons. The molecule has 3 heteroatoms. The van der Waals surface area contributed by atoms with E-state index in [9.17, 15) is 4.39 Å². The maximum Gasteiger partial charge on any atom is 0.165 e. The molecule has 0 saturated heterocycles. The van der Waals surface area contributed by atoms with Crippen molar-refractivity contribution >= 4 is 8.07 Å². The Hall–Kier alpha value is -0.833. The lowest BCUT2D eigenvalue weighted by molar-refractivity contribution is 0.320. The summed E-state index contributed by atoms with van der Waals surface area (Å²) in [6.45, 7) is 7.45. The van der Waals surface area contributed by atoms with Crippen LogP contribution in [0, 0.1) is 5.82 Å². The standard InChI is InChI=1S/C11H17FOSi/c1-14(2,3)9-8-13-11-7-5-4-6-10(11)12/h4-7H,8-9H2,1-3H3. The molecule has 0 bridgehead atoms. The predicted octanol–water partition coefficient (Wildman–Crippen LogP) is 3.54. The monoisotopic (exact) mass is 212 g/mol. The van der Waals surface area contributed by atoms with Crippen LogP contribution in [0.2, 0.25) is 25.7 Å². The van der Waals surface area contributed by atoms with Crippen LogP contribution in [0.15, 0.2) is 24.3 Å². The maximum atomic E-state index is 13.1. The van der Waals surface area contributed by atoms with Gasteiger partial charge in [-0.05, 0) is 18.2 Å². The number of ether oxygens (including phenoxy) is 1. The van der Waals surface area contributed by atoms with Crippen molar-refractivity contribution < 1.29 is 9.13 Å². The number of hydrogen-bond donors (Lipinski definition) is 0. The second-order valence-corrected chi connectivity index (χ2v) is 10.2. The molecule has 0 aliphatic heterocycles. The van der Waals surface area contributed by atoms with Gasteiger partial charge in [-0.15, -0.1) is 0 Å². The molecule has 0 atom stereocenters. The second-order valence-electron chi connectivity index (χ2n) is 4.59. The van der Waals surface area contributed by atoms with Gasteiger partial charge in [0.1, 0.15) is 0 Å². The van der Waals surface area contributed by atoms with E-state index in [4.69, 9.17) is 4.74 Å². The Morgan fingerprint density at radius 3 is 2.43 bits per heavy atom. The molecular weight excluding hydrogens is 195 g/mol. The Morgan fingerprint density at radius 2 is 1.86 bits per heavy atom. The van der Waals surface area contributed by atoms with Crippen molar-refractivity contribution in [2.75, 3.05) is 6.61 Å². The Morgan fingerprint density at radius 1 is 1.21 bits per heavy atom. The minimum atomic E-state index is -1.08. The minimum Gasteiger partial charge on any atom is -0.491 e. The summed E-state index contributed by atoms with van der Waals surface area (Å²) in [6.07, 6.45) is 0. The van der Waals surface area contributed by atoms with Gasteiger partial charge in [0.05, 0.1) is 6.61 Å². The van der Waals surface area contributed by atoms with Crippen LogP contribution >= 0.6 is 0 Å². The van der Waals surface area contributed by atoms with Crippen molar-refractivity contribution in [2.45, 2.75) is 25.7 Å². The fourth-order valence-corrected chi connectivity index (χ4v) is 1.74. The lowest BCUT2D eigenvalue weighted by atomic mass is 10.3. The van der Waals surface area contributed by atoms with Crippen molar-refractivity contribution in [3.8, 4) is 5.75 Å². The number of hydrogen-bond acceptors (Lipinski definition) is 1. The highest BCUT2D eigenvalue weighted by Crippen LogP contribution is 2.17. The molecule has 0 unspecified atom stereocenters. The first-order chi connectivity index (χ1) is 6.49. The summed E-state index contributed by atoms with van der Waals surface area (Å²) >= 11 is 0. The molecule has 0 N–H and O–H groups in total. The zero-order chi connectivity index (χ0) is 10.6. The molecule has 0 spiro atoms.